The van der Waals surface area contributed by atoms with Crippen LogP contribution >= 0.6 is 0 Å². The molecule has 1 aromatic heterocycles. The maximum atomic E-state index is 12.4. The Morgan fingerprint density at radius 1 is 1.58 bits per heavy atom. The number of aromatic nitrogens is 1. The molecule has 1 atom stereocenters. The molecule has 19 heavy (non-hydrogen) atoms. The molecule has 0 saturated carbocycles. The second-order valence-electron chi connectivity index (χ2n) is 5.72. The van der Waals surface area contributed by atoms with Crippen LogP contribution in [0.5, 0.6) is 0 Å². The first kappa shape index (κ1) is 14.1. The van der Waals surface area contributed by atoms with Crippen molar-refractivity contribution < 1.29 is 14.1 Å². The van der Waals surface area contributed by atoms with E-state index < -0.39 is 5.60 Å². The highest BCUT2D eigenvalue weighted by atomic mass is 16.5. The van der Waals surface area contributed by atoms with E-state index >= 15 is 0 Å². The van der Waals surface area contributed by atoms with Gasteiger partial charge >= 0.3 is 0 Å². The molecule has 2 rings (SSSR count). The van der Waals surface area contributed by atoms with Gasteiger partial charge in [-0.1, -0.05) is 19.0 Å². The van der Waals surface area contributed by atoms with Crippen LogP contribution in [0.4, 0.5) is 0 Å². The van der Waals surface area contributed by atoms with Crippen molar-refractivity contribution in [1.29, 1.82) is 0 Å². The predicted octanol–water partition coefficient (Wildman–Crippen LogP) is 2.33. The molecule has 1 fully saturated rings. The van der Waals surface area contributed by atoms with Crippen molar-refractivity contribution in [3.05, 3.63) is 17.5 Å². The number of likely N-dealkylation sites (N-methyl/N-ethyl adjacent to an activating group) is 1. The quantitative estimate of drug-likeness (QED) is 0.839. The van der Waals surface area contributed by atoms with Crippen LogP contribution in [0.25, 0.3) is 0 Å². The zero-order valence-electron chi connectivity index (χ0n) is 12.1. The van der Waals surface area contributed by atoms with Gasteiger partial charge in [0.1, 0.15) is 5.60 Å². The molecule has 0 spiro atoms. The Kier molecular flexibility index (Phi) is 3.94. The van der Waals surface area contributed by atoms with Crippen LogP contribution in [0.1, 0.15) is 51.0 Å². The lowest BCUT2D eigenvalue weighted by atomic mass is 10.0. The lowest BCUT2D eigenvalue weighted by molar-refractivity contribution is -0.150. The summed E-state index contributed by atoms with van der Waals surface area (Å²) in [7, 11) is 1.77. The first-order chi connectivity index (χ1) is 8.92. The third-order valence-corrected chi connectivity index (χ3v) is 3.58. The maximum absolute atomic E-state index is 12.4. The van der Waals surface area contributed by atoms with Gasteiger partial charge in [0, 0.05) is 19.7 Å². The lowest BCUT2D eigenvalue weighted by Crippen LogP contribution is -2.44. The Hall–Kier alpha value is -1.36. The fourth-order valence-electron chi connectivity index (χ4n) is 2.33. The van der Waals surface area contributed by atoms with Crippen LogP contribution in [0.15, 0.2) is 10.6 Å². The van der Waals surface area contributed by atoms with Crippen LogP contribution in [-0.2, 0) is 16.1 Å². The number of carbonyl (C=O) groups is 1. The number of ether oxygens (including phenoxy) is 1. The Balaban J connectivity index is 1.99. The summed E-state index contributed by atoms with van der Waals surface area (Å²) in [4.78, 5) is 14.0. The molecule has 1 aromatic rings. The Morgan fingerprint density at radius 3 is 2.84 bits per heavy atom. The summed E-state index contributed by atoms with van der Waals surface area (Å²) in [5.41, 5.74) is 0.245. The molecule has 0 bridgehead atoms. The third-order valence-electron chi connectivity index (χ3n) is 3.58. The summed E-state index contributed by atoms with van der Waals surface area (Å²) in [5, 5.41) is 4.00. The smallest absolute Gasteiger partial charge is 0.254 e. The average molecular weight is 266 g/mol. The molecule has 1 unspecified atom stereocenters. The van der Waals surface area contributed by atoms with Gasteiger partial charge in [-0.05, 0) is 25.7 Å². The van der Waals surface area contributed by atoms with Gasteiger partial charge in [-0.2, -0.15) is 0 Å². The molecule has 2 heterocycles. The van der Waals surface area contributed by atoms with Gasteiger partial charge in [0.25, 0.3) is 5.91 Å². The van der Waals surface area contributed by atoms with Crippen molar-refractivity contribution in [2.24, 2.45) is 0 Å². The van der Waals surface area contributed by atoms with Crippen LogP contribution < -0.4 is 0 Å². The Bertz CT molecular complexity index is 447. The molecule has 5 nitrogen and oxygen atoms in total. The van der Waals surface area contributed by atoms with Gasteiger partial charge in [0.2, 0.25) is 0 Å². The van der Waals surface area contributed by atoms with E-state index in [9.17, 15) is 4.79 Å². The van der Waals surface area contributed by atoms with Gasteiger partial charge in [-0.15, -0.1) is 0 Å². The predicted molar refractivity (Wildman–Crippen MR) is 70.7 cm³/mol. The molecule has 106 valence electrons. The van der Waals surface area contributed by atoms with Crippen LogP contribution in [-0.4, -0.2) is 35.2 Å². The van der Waals surface area contributed by atoms with Crippen molar-refractivity contribution in [1.82, 2.24) is 10.1 Å². The minimum atomic E-state index is -0.671. The SMILES string of the molecule is CC(C)c1cc(CN(C)C(=O)C2(C)CCCO2)on1. The molecule has 1 aliphatic heterocycles. The number of carbonyl (C=O) groups excluding carboxylic acids is 1. The van der Waals surface area contributed by atoms with Gasteiger partial charge < -0.3 is 14.2 Å². The second kappa shape index (κ2) is 5.33. The molecular formula is C14H22N2O3. The van der Waals surface area contributed by atoms with Gasteiger partial charge in [0.05, 0.1) is 12.2 Å². The monoisotopic (exact) mass is 266 g/mol. The number of amides is 1. The van der Waals surface area contributed by atoms with E-state index in [2.05, 4.69) is 19.0 Å². The summed E-state index contributed by atoms with van der Waals surface area (Å²) in [6, 6.07) is 1.91. The highest BCUT2D eigenvalue weighted by Gasteiger charge is 2.39. The third kappa shape index (κ3) is 2.97. The fraction of sp³-hybridized carbons (Fsp3) is 0.714. The zero-order valence-corrected chi connectivity index (χ0v) is 12.1. The second-order valence-corrected chi connectivity index (χ2v) is 5.72. The maximum Gasteiger partial charge on any atom is 0.254 e. The summed E-state index contributed by atoms with van der Waals surface area (Å²) in [6.45, 7) is 7.07. The van der Waals surface area contributed by atoms with Crippen LogP contribution in [0.2, 0.25) is 0 Å². The molecular weight excluding hydrogens is 244 g/mol. The van der Waals surface area contributed by atoms with Crippen molar-refractivity contribution >= 4 is 5.91 Å². The molecule has 1 aliphatic rings. The van der Waals surface area contributed by atoms with E-state index in [0.717, 1.165) is 18.5 Å². The van der Waals surface area contributed by atoms with Gasteiger partial charge in [-0.25, -0.2) is 0 Å². The summed E-state index contributed by atoms with van der Waals surface area (Å²) >= 11 is 0. The van der Waals surface area contributed by atoms with E-state index in [1.54, 1.807) is 11.9 Å². The lowest BCUT2D eigenvalue weighted by Gasteiger charge is -2.27. The average Bonchev–Trinajstić information content (AvgIpc) is 2.98. The molecule has 0 N–H and O–H groups in total. The number of nitrogens with zero attached hydrogens (tertiary/aromatic N) is 2. The molecule has 0 aliphatic carbocycles. The molecule has 0 radical (unpaired) electrons. The highest BCUT2D eigenvalue weighted by Crippen LogP contribution is 2.27. The number of hydrogen-bond acceptors (Lipinski definition) is 4. The first-order valence-corrected chi connectivity index (χ1v) is 6.77. The van der Waals surface area contributed by atoms with Gasteiger partial charge in [0.15, 0.2) is 5.76 Å². The molecule has 1 amide bonds. The van der Waals surface area contributed by atoms with E-state index in [1.165, 1.54) is 0 Å². The molecule has 5 heteroatoms. The van der Waals surface area contributed by atoms with Crippen LogP contribution in [0, 0.1) is 0 Å². The zero-order chi connectivity index (χ0) is 14.0. The Labute approximate surface area is 113 Å². The van der Waals surface area contributed by atoms with Crippen molar-refractivity contribution in [3.63, 3.8) is 0 Å². The fourth-order valence-corrected chi connectivity index (χ4v) is 2.33. The summed E-state index contributed by atoms with van der Waals surface area (Å²) < 4.78 is 10.8. The largest absolute Gasteiger partial charge is 0.365 e. The number of rotatable bonds is 4. The van der Waals surface area contributed by atoms with E-state index in [0.29, 0.717) is 24.8 Å². The Morgan fingerprint density at radius 2 is 2.32 bits per heavy atom. The molecule has 1 saturated heterocycles. The van der Waals surface area contributed by atoms with Crippen molar-refractivity contribution in [3.8, 4) is 0 Å². The van der Waals surface area contributed by atoms with Crippen molar-refractivity contribution in [2.75, 3.05) is 13.7 Å². The number of hydrogen-bond donors (Lipinski definition) is 0. The van der Waals surface area contributed by atoms with Crippen molar-refractivity contribution in [2.45, 2.75) is 51.7 Å². The van der Waals surface area contributed by atoms with E-state index in [1.807, 2.05) is 13.0 Å². The summed E-state index contributed by atoms with van der Waals surface area (Å²) in [5.74, 6) is 1.04. The highest BCUT2D eigenvalue weighted by molar-refractivity contribution is 5.84. The topological polar surface area (TPSA) is 55.6 Å². The standard InChI is InChI=1S/C14H22N2O3/c1-10(2)12-8-11(19-15-12)9-16(4)13(17)14(3)6-5-7-18-14/h8,10H,5-7,9H2,1-4H3. The van der Waals surface area contributed by atoms with E-state index in [-0.39, 0.29) is 5.91 Å². The minimum absolute atomic E-state index is 0.00694. The first-order valence-electron chi connectivity index (χ1n) is 6.77. The molecule has 0 aromatic carbocycles. The normalized spacial score (nSPS) is 23.0. The summed E-state index contributed by atoms with van der Waals surface area (Å²) in [6.07, 6.45) is 1.72. The van der Waals surface area contributed by atoms with Crippen LogP contribution in [0.3, 0.4) is 0 Å². The van der Waals surface area contributed by atoms with Gasteiger partial charge in [-0.3, -0.25) is 4.79 Å². The minimum Gasteiger partial charge on any atom is -0.365 e. The van der Waals surface area contributed by atoms with E-state index in [4.69, 9.17) is 9.26 Å².